The van der Waals surface area contributed by atoms with Gasteiger partial charge in [0.05, 0.1) is 11.7 Å². The van der Waals surface area contributed by atoms with E-state index in [2.05, 4.69) is 10.2 Å². The second-order valence-electron chi connectivity index (χ2n) is 6.88. The lowest BCUT2D eigenvalue weighted by Crippen LogP contribution is -2.47. The zero-order valence-electron chi connectivity index (χ0n) is 13.5. The van der Waals surface area contributed by atoms with Crippen LogP contribution >= 0.6 is 11.3 Å². The molecule has 1 aromatic heterocycles. The number of aliphatic hydroxyl groups is 1. The fourth-order valence-electron chi connectivity index (χ4n) is 3.41. The summed E-state index contributed by atoms with van der Waals surface area (Å²) in [5, 5.41) is 18.2. The van der Waals surface area contributed by atoms with Crippen LogP contribution in [0.25, 0.3) is 0 Å². The molecule has 2 aliphatic rings. The molecule has 0 aromatic carbocycles. The van der Waals surface area contributed by atoms with E-state index in [1.54, 1.807) is 11.3 Å². The summed E-state index contributed by atoms with van der Waals surface area (Å²) in [5.74, 6) is 0. The number of thiophene rings is 1. The highest BCUT2D eigenvalue weighted by molar-refractivity contribution is 7.08. The zero-order valence-corrected chi connectivity index (χ0v) is 14.3. The molecule has 0 spiro atoms. The van der Waals surface area contributed by atoms with Gasteiger partial charge >= 0.3 is 0 Å². The van der Waals surface area contributed by atoms with Crippen LogP contribution in [0.3, 0.4) is 0 Å². The molecule has 2 fully saturated rings. The molecule has 2 aliphatic heterocycles. The highest BCUT2D eigenvalue weighted by Crippen LogP contribution is 2.23. The number of piperidine rings is 1. The fourth-order valence-corrected chi connectivity index (χ4v) is 4.19. The van der Waals surface area contributed by atoms with Crippen molar-refractivity contribution in [2.75, 3.05) is 32.8 Å². The van der Waals surface area contributed by atoms with Gasteiger partial charge in [0.25, 0.3) is 0 Å². The Hall–Kier alpha value is -0.460. The van der Waals surface area contributed by atoms with Crippen LogP contribution in [0.5, 0.6) is 0 Å². The molecule has 5 heteroatoms. The van der Waals surface area contributed by atoms with Crippen molar-refractivity contribution in [2.45, 2.75) is 50.4 Å². The quantitative estimate of drug-likeness (QED) is 0.842. The highest BCUT2D eigenvalue weighted by Gasteiger charge is 2.27. The fraction of sp³-hybridized carbons (Fsp3) is 0.765. The first-order chi connectivity index (χ1) is 10.6. The van der Waals surface area contributed by atoms with Crippen molar-refractivity contribution in [2.24, 2.45) is 0 Å². The van der Waals surface area contributed by atoms with Gasteiger partial charge < -0.3 is 20.1 Å². The SMILES string of the molecule is CC(O)(CNC1CCN(CC2CCCO2)CC1)c1ccsc1. The van der Waals surface area contributed by atoms with E-state index in [1.807, 2.05) is 23.8 Å². The standard InChI is InChI=1S/C17H28N2O2S/c1-17(20,14-6-10-22-12-14)13-18-15-4-7-19(8-5-15)11-16-3-2-9-21-16/h6,10,12,15-16,18,20H,2-5,7-9,11,13H2,1H3. The third-order valence-corrected chi connectivity index (χ3v) is 5.63. The molecular formula is C17H28N2O2S. The number of likely N-dealkylation sites (tertiary alicyclic amines) is 1. The minimum atomic E-state index is -0.769. The van der Waals surface area contributed by atoms with Gasteiger partial charge in [-0.05, 0) is 68.1 Å². The van der Waals surface area contributed by atoms with Gasteiger partial charge in [0.15, 0.2) is 0 Å². The molecule has 0 bridgehead atoms. The Balaban J connectivity index is 1.38. The lowest BCUT2D eigenvalue weighted by molar-refractivity contribution is 0.0443. The molecule has 1 aromatic rings. The Morgan fingerprint density at radius 3 is 2.86 bits per heavy atom. The Labute approximate surface area is 137 Å². The minimum Gasteiger partial charge on any atom is -0.384 e. The summed E-state index contributed by atoms with van der Waals surface area (Å²) < 4.78 is 5.73. The smallest absolute Gasteiger partial charge is 0.1000 e. The largest absolute Gasteiger partial charge is 0.384 e. The third kappa shape index (κ3) is 4.30. The summed E-state index contributed by atoms with van der Waals surface area (Å²) in [4.78, 5) is 2.53. The van der Waals surface area contributed by atoms with E-state index in [0.717, 1.165) is 44.6 Å². The molecule has 0 saturated carbocycles. The maximum atomic E-state index is 10.6. The van der Waals surface area contributed by atoms with E-state index in [1.165, 1.54) is 12.8 Å². The van der Waals surface area contributed by atoms with Crippen LogP contribution in [0.4, 0.5) is 0 Å². The van der Waals surface area contributed by atoms with Gasteiger partial charge in [-0.25, -0.2) is 0 Å². The molecule has 2 atom stereocenters. The normalized spacial score (nSPS) is 27.1. The second-order valence-corrected chi connectivity index (χ2v) is 7.66. The van der Waals surface area contributed by atoms with E-state index >= 15 is 0 Å². The van der Waals surface area contributed by atoms with Gasteiger partial charge in [0.1, 0.15) is 0 Å². The molecule has 0 radical (unpaired) electrons. The molecule has 2 unspecified atom stereocenters. The van der Waals surface area contributed by atoms with E-state index in [9.17, 15) is 5.11 Å². The maximum absolute atomic E-state index is 10.6. The summed E-state index contributed by atoms with van der Waals surface area (Å²) in [6.45, 7) is 6.84. The van der Waals surface area contributed by atoms with Crippen LogP contribution in [0, 0.1) is 0 Å². The first kappa shape index (κ1) is 16.4. The summed E-state index contributed by atoms with van der Waals surface area (Å²) in [6, 6.07) is 2.53. The minimum absolute atomic E-state index is 0.462. The number of hydrogen-bond acceptors (Lipinski definition) is 5. The zero-order chi connectivity index (χ0) is 15.4. The first-order valence-corrected chi connectivity index (χ1v) is 9.40. The molecule has 22 heavy (non-hydrogen) atoms. The van der Waals surface area contributed by atoms with Crippen molar-refractivity contribution in [3.8, 4) is 0 Å². The van der Waals surface area contributed by atoms with Crippen LogP contribution in [0.2, 0.25) is 0 Å². The van der Waals surface area contributed by atoms with Crippen LogP contribution in [-0.4, -0.2) is 54.9 Å². The van der Waals surface area contributed by atoms with Crippen molar-refractivity contribution in [3.63, 3.8) is 0 Å². The van der Waals surface area contributed by atoms with Gasteiger partial charge in [-0.1, -0.05) is 0 Å². The van der Waals surface area contributed by atoms with Crippen LogP contribution in [0.1, 0.15) is 38.2 Å². The van der Waals surface area contributed by atoms with Crippen molar-refractivity contribution in [1.82, 2.24) is 10.2 Å². The van der Waals surface area contributed by atoms with E-state index in [0.29, 0.717) is 18.7 Å². The number of hydrogen-bond donors (Lipinski definition) is 2. The highest BCUT2D eigenvalue weighted by atomic mass is 32.1. The summed E-state index contributed by atoms with van der Waals surface area (Å²) in [5.41, 5.74) is 0.246. The Kier molecular flexibility index (Phi) is 5.52. The van der Waals surface area contributed by atoms with Crippen LogP contribution in [0.15, 0.2) is 16.8 Å². The average molecular weight is 324 g/mol. The van der Waals surface area contributed by atoms with Crippen molar-refractivity contribution in [3.05, 3.63) is 22.4 Å². The van der Waals surface area contributed by atoms with Gasteiger partial charge in [-0.15, -0.1) is 0 Å². The predicted molar refractivity (Wildman–Crippen MR) is 90.3 cm³/mol. The van der Waals surface area contributed by atoms with E-state index in [-0.39, 0.29) is 0 Å². The summed E-state index contributed by atoms with van der Waals surface area (Å²) >= 11 is 1.64. The van der Waals surface area contributed by atoms with E-state index in [4.69, 9.17) is 4.74 Å². The maximum Gasteiger partial charge on any atom is 0.1000 e. The molecule has 0 amide bonds. The van der Waals surface area contributed by atoms with Crippen molar-refractivity contribution in [1.29, 1.82) is 0 Å². The van der Waals surface area contributed by atoms with Crippen molar-refractivity contribution < 1.29 is 9.84 Å². The molecule has 3 rings (SSSR count). The van der Waals surface area contributed by atoms with Gasteiger partial charge in [0.2, 0.25) is 0 Å². The van der Waals surface area contributed by atoms with Crippen molar-refractivity contribution >= 4 is 11.3 Å². The molecule has 124 valence electrons. The number of nitrogens with one attached hydrogen (secondary N) is 1. The molecule has 0 aliphatic carbocycles. The molecular weight excluding hydrogens is 296 g/mol. The topological polar surface area (TPSA) is 44.7 Å². The van der Waals surface area contributed by atoms with Crippen LogP contribution < -0.4 is 5.32 Å². The lowest BCUT2D eigenvalue weighted by atomic mass is 9.97. The van der Waals surface area contributed by atoms with E-state index < -0.39 is 5.60 Å². The Morgan fingerprint density at radius 2 is 2.23 bits per heavy atom. The van der Waals surface area contributed by atoms with Gasteiger partial charge in [0, 0.05) is 25.7 Å². The van der Waals surface area contributed by atoms with Gasteiger partial charge in [-0.2, -0.15) is 11.3 Å². The number of ether oxygens (including phenoxy) is 1. The number of nitrogens with zero attached hydrogens (tertiary/aromatic N) is 1. The summed E-state index contributed by atoms with van der Waals surface area (Å²) in [7, 11) is 0. The monoisotopic (exact) mass is 324 g/mol. The first-order valence-electron chi connectivity index (χ1n) is 8.46. The van der Waals surface area contributed by atoms with Gasteiger partial charge in [-0.3, -0.25) is 0 Å². The third-order valence-electron chi connectivity index (χ3n) is 4.95. The predicted octanol–water partition coefficient (Wildman–Crippen LogP) is 2.19. The molecule has 2 N–H and O–H groups in total. The number of rotatable bonds is 6. The Morgan fingerprint density at radius 1 is 1.41 bits per heavy atom. The average Bonchev–Trinajstić information content (AvgIpc) is 3.20. The molecule has 4 nitrogen and oxygen atoms in total. The molecule has 3 heterocycles. The molecule has 2 saturated heterocycles. The lowest BCUT2D eigenvalue weighted by Gasteiger charge is -2.35. The Bertz CT molecular complexity index is 436. The van der Waals surface area contributed by atoms with Crippen LogP contribution in [-0.2, 0) is 10.3 Å². The second kappa shape index (κ2) is 7.41. The summed E-state index contributed by atoms with van der Waals surface area (Å²) in [6.07, 6.45) is 5.23.